The summed E-state index contributed by atoms with van der Waals surface area (Å²) in [5, 5.41) is 10.9. The summed E-state index contributed by atoms with van der Waals surface area (Å²) in [5.41, 5.74) is 3.13. The van der Waals surface area contributed by atoms with Gasteiger partial charge in [-0.25, -0.2) is 13.1 Å². The van der Waals surface area contributed by atoms with Crippen molar-refractivity contribution in [3.05, 3.63) is 99.6 Å². The molecule has 0 radical (unpaired) electrons. The smallest absolute Gasteiger partial charge is 0.269 e. The number of non-ortho nitro benzene ring substituents is 1. The van der Waals surface area contributed by atoms with Crippen molar-refractivity contribution >= 4 is 15.7 Å². The van der Waals surface area contributed by atoms with Gasteiger partial charge < -0.3 is 4.74 Å². The summed E-state index contributed by atoms with van der Waals surface area (Å²) >= 11 is 0. The molecule has 31 heavy (non-hydrogen) atoms. The van der Waals surface area contributed by atoms with Gasteiger partial charge in [0.2, 0.25) is 10.0 Å². The summed E-state index contributed by atoms with van der Waals surface area (Å²) in [7, 11) is -2.25. The third-order valence-electron chi connectivity index (χ3n) is 5.66. The van der Waals surface area contributed by atoms with Gasteiger partial charge in [0.15, 0.2) is 0 Å². The van der Waals surface area contributed by atoms with Crippen molar-refractivity contribution in [2.45, 2.75) is 29.7 Å². The number of aryl methyl sites for hydroxylation is 1. The highest BCUT2D eigenvalue weighted by atomic mass is 32.2. The first-order valence-corrected chi connectivity index (χ1v) is 11.4. The Morgan fingerprint density at radius 1 is 1.00 bits per heavy atom. The van der Waals surface area contributed by atoms with Gasteiger partial charge in [0.1, 0.15) is 5.75 Å². The second-order valence-electron chi connectivity index (χ2n) is 7.47. The lowest BCUT2D eigenvalue weighted by Crippen LogP contribution is -2.42. The number of rotatable bonds is 6. The van der Waals surface area contributed by atoms with Crippen molar-refractivity contribution in [1.82, 2.24) is 4.72 Å². The minimum Gasteiger partial charge on any atom is -0.497 e. The lowest BCUT2D eigenvalue weighted by Gasteiger charge is -2.34. The third-order valence-corrected chi connectivity index (χ3v) is 7.16. The molecule has 0 saturated heterocycles. The molecule has 3 aromatic carbocycles. The Hall–Kier alpha value is -3.23. The zero-order chi connectivity index (χ0) is 22.0. The molecule has 1 N–H and O–H groups in total. The van der Waals surface area contributed by atoms with Crippen LogP contribution in [0.3, 0.4) is 0 Å². The number of hydrogen-bond donors (Lipinski definition) is 1. The maximum atomic E-state index is 13.1. The maximum absolute atomic E-state index is 13.1. The highest BCUT2D eigenvalue weighted by molar-refractivity contribution is 7.89. The fourth-order valence-electron chi connectivity index (χ4n) is 4.12. The number of nitrogens with zero attached hydrogens (tertiary/aromatic N) is 1. The van der Waals surface area contributed by atoms with E-state index in [1.54, 1.807) is 7.11 Å². The number of nitrogens with one attached hydrogen (secondary N) is 1. The molecule has 1 aliphatic carbocycles. The van der Waals surface area contributed by atoms with E-state index >= 15 is 0 Å². The molecule has 0 aromatic heterocycles. The van der Waals surface area contributed by atoms with Gasteiger partial charge in [0, 0.05) is 24.1 Å². The molecule has 0 aliphatic heterocycles. The summed E-state index contributed by atoms with van der Waals surface area (Å²) in [6.45, 7) is 0. The first-order chi connectivity index (χ1) is 14.9. The van der Waals surface area contributed by atoms with Gasteiger partial charge in [-0.15, -0.1) is 0 Å². The Balaban J connectivity index is 1.69. The SMILES string of the molecule is COc1ccc([C@@H]2c3ccccc3CC[C@H]2NS(=O)(=O)c2ccc([N+](=O)[O-])cc2)cc1. The van der Waals surface area contributed by atoms with Crippen molar-refractivity contribution < 1.29 is 18.1 Å². The number of benzene rings is 3. The van der Waals surface area contributed by atoms with Crippen LogP contribution in [0.1, 0.15) is 29.0 Å². The molecule has 3 aromatic rings. The summed E-state index contributed by atoms with van der Waals surface area (Å²) < 4.78 is 34.2. The number of ether oxygens (including phenoxy) is 1. The van der Waals surface area contributed by atoms with E-state index in [0.717, 1.165) is 23.3 Å². The zero-order valence-electron chi connectivity index (χ0n) is 16.9. The topological polar surface area (TPSA) is 98.5 Å². The molecular weight excluding hydrogens is 416 g/mol. The van der Waals surface area contributed by atoms with Gasteiger partial charge in [-0.1, -0.05) is 36.4 Å². The molecular formula is C23H22N2O5S. The molecule has 7 nitrogen and oxygen atoms in total. The van der Waals surface area contributed by atoms with Gasteiger partial charge in [-0.05, 0) is 53.8 Å². The largest absolute Gasteiger partial charge is 0.497 e. The van der Waals surface area contributed by atoms with E-state index in [2.05, 4.69) is 10.8 Å². The van der Waals surface area contributed by atoms with Gasteiger partial charge in [-0.2, -0.15) is 0 Å². The highest BCUT2D eigenvalue weighted by Gasteiger charge is 2.34. The van der Waals surface area contributed by atoms with Crippen molar-refractivity contribution in [3.63, 3.8) is 0 Å². The molecule has 4 rings (SSSR count). The van der Waals surface area contributed by atoms with E-state index in [4.69, 9.17) is 4.74 Å². The number of nitro groups is 1. The summed E-state index contributed by atoms with van der Waals surface area (Å²) in [6, 6.07) is 20.3. The van der Waals surface area contributed by atoms with Crippen molar-refractivity contribution in [2.24, 2.45) is 0 Å². The number of methoxy groups -OCH3 is 1. The van der Waals surface area contributed by atoms with Gasteiger partial charge in [0.25, 0.3) is 5.69 Å². The number of fused-ring (bicyclic) bond motifs is 1. The van der Waals surface area contributed by atoms with E-state index < -0.39 is 14.9 Å². The molecule has 0 amide bonds. The standard InChI is InChI=1S/C23H22N2O5S/c1-30-19-11-6-17(7-12-19)23-21-5-3-2-4-16(21)8-15-22(23)24-31(28,29)20-13-9-18(10-14-20)25(26)27/h2-7,9-14,22-24H,8,15H2,1H3/t22-,23-/m1/s1. The average molecular weight is 439 g/mol. The minimum absolute atomic E-state index is 0.00504. The Morgan fingerprint density at radius 2 is 1.68 bits per heavy atom. The quantitative estimate of drug-likeness (QED) is 0.463. The monoisotopic (exact) mass is 438 g/mol. The number of nitro benzene ring substituents is 1. The summed E-state index contributed by atoms with van der Waals surface area (Å²) in [6.07, 6.45) is 1.40. The Bertz CT molecular complexity index is 1190. The van der Waals surface area contributed by atoms with Crippen LogP contribution in [0.25, 0.3) is 0 Å². The second-order valence-corrected chi connectivity index (χ2v) is 9.18. The Kier molecular flexibility index (Phi) is 5.75. The van der Waals surface area contributed by atoms with Gasteiger partial charge >= 0.3 is 0 Å². The normalized spacial score (nSPS) is 18.2. The van der Waals surface area contributed by atoms with Crippen molar-refractivity contribution in [2.75, 3.05) is 7.11 Å². The maximum Gasteiger partial charge on any atom is 0.269 e. The summed E-state index contributed by atoms with van der Waals surface area (Å²) in [4.78, 5) is 10.3. The fraction of sp³-hybridized carbons (Fsp3) is 0.217. The zero-order valence-corrected chi connectivity index (χ0v) is 17.7. The lowest BCUT2D eigenvalue weighted by molar-refractivity contribution is -0.384. The van der Waals surface area contributed by atoms with Crippen LogP contribution < -0.4 is 9.46 Å². The van der Waals surface area contributed by atoms with Crippen LogP contribution in [-0.2, 0) is 16.4 Å². The van der Waals surface area contributed by atoms with E-state index in [9.17, 15) is 18.5 Å². The second kappa shape index (κ2) is 8.49. The van der Waals surface area contributed by atoms with Crippen LogP contribution in [0.15, 0.2) is 77.7 Å². The van der Waals surface area contributed by atoms with Crippen molar-refractivity contribution in [1.29, 1.82) is 0 Å². The molecule has 0 heterocycles. The Labute approximate surface area is 180 Å². The van der Waals surface area contributed by atoms with E-state index in [1.165, 1.54) is 29.8 Å². The molecule has 0 spiro atoms. The molecule has 2 atom stereocenters. The molecule has 0 fully saturated rings. The van der Waals surface area contributed by atoms with Crippen LogP contribution in [0.5, 0.6) is 5.75 Å². The number of sulfonamides is 1. The first kappa shape index (κ1) is 21.0. The lowest BCUT2D eigenvalue weighted by atomic mass is 9.76. The predicted molar refractivity (Wildman–Crippen MR) is 117 cm³/mol. The summed E-state index contributed by atoms with van der Waals surface area (Å²) in [5.74, 6) is 0.569. The van der Waals surface area contributed by atoms with E-state index in [1.807, 2.05) is 42.5 Å². The molecule has 0 unspecified atom stereocenters. The van der Waals surface area contributed by atoms with Crippen LogP contribution in [0.2, 0.25) is 0 Å². The minimum atomic E-state index is -3.86. The molecule has 0 saturated carbocycles. The third kappa shape index (κ3) is 4.30. The fourth-order valence-corrected chi connectivity index (χ4v) is 5.41. The van der Waals surface area contributed by atoms with Crippen LogP contribution >= 0.6 is 0 Å². The Morgan fingerprint density at radius 3 is 2.32 bits per heavy atom. The average Bonchev–Trinajstić information content (AvgIpc) is 2.79. The van der Waals surface area contributed by atoms with Crippen LogP contribution in [0.4, 0.5) is 5.69 Å². The highest BCUT2D eigenvalue weighted by Crippen LogP contribution is 2.38. The molecule has 8 heteroatoms. The first-order valence-electron chi connectivity index (χ1n) is 9.87. The van der Waals surface area contributed by atoms with E-state index in [0.29, 0.717) is 6.42 Å². The van der Waals surface area contributed by atoms with Crippen LogP contribution in [0, 0.1) is 10.1 Å². The molecule has 160 valence electrons. The van der Waals surface area contributed by atoms with Gasteiger partial charge in [-0.3, -0.25) is 10.1 Å². The van der Waals surface area contributed by atoms with Crippen molar-refractivity contribution in [3.8, 4) is 5.75 Å². The number of hydrogen-bond acceptors (Lipinski definition) is 5. The molecule has 1 aliphatic rings. The van der Waals surface area contributed by atoms with Gasteiger partial charge in [0.05, 0.1) is 16.9 Å². The van der Waals surface area contributed by atoms with Crippen LogP contribution in [-0.4, -0.2) is 26.5 Å². The van der Waals surface area contributed by atoms with E-state index in [-0.39, 0.29) is 22.5 Å². The molecule has 0 bridgehead atoms. The predicted octanol–water partition coefficient (Wildman–Crippen LogP) is 4.03.